The van der Waals surface area contributed by atoms with Gasteiger partial charge in [0.25, 0.3) is 5.56 Å². The predicted molar refractivity (Wildman–Crippen MR) is 120 cm³/mol. The van der Waals surface area contributed by atoms with Crippen LogP contribution in [0.1, 0.15) is 48.2 Å². The van der Waals surface area contributed by atoms with E-state index < -0.39 is 0 Å². The second-order valence-corrected chi connectivity index (χ2v) is 9.71. The van der Waals surface area contributed by atoms with Crippen molar-refractivity contribution in [2.45, 2.75) is 63.3 Å². The van der Waals surface area contributed by atoms with Gasteiger partial charge in [-0.15, -0.1) is 5.10 Å². The molecular formula is C22H30N6OS. The number of nitrogens with one attached hydrogen (secondary N) is 1. The molecule has 1 fully saturated rings. The number of fused-ring (bicyclic) bond motifs is 2. The van der Waals surface area contributed by atoms with Gasteiger partial charge in [0, 0.05) is 37.4 Å². The van der Waals surface area contributed by atoms with Crippen LogP contribution in [-0.2, 0) is 31.6 Å². The molecule has 0 saturated carbocycles. The Kier molecular flexibility index (Phi) is 6.04. The Bertz CT molecular complexity index is 961. The summed E-state index contributed by atoms with van der Waals surface area (Å²) in [6, 6.07) is 4.44. The zero-order chi connectivity index (χ0) is 20.3. The van der Waals surface area contributed by atoms with Crippen molar-refractivity contribution in [2.75, 3.05) is 30.7 Å². The first-order valence-electron chi connectivity index (χ1n) is 11.3. The number of aryl methyl sites for hydroxylation is 3. The van der Waals surface area contributed by atoms with E-state index in [-0.39, 0.29) is 5.56 Å². The second kappa shape index (κ2) is 9.06. The summed E-state index contributed by atoms with van der Waals surface area (Å²) in [4.78, 5) is 15.0. The Morgan fingerprint density at radius 3 is 2.97 bits per heavy atom. The Labute approximate surface area is 181 Å². The van der Waals surface area contributed by atoms with Crippen molar-refractivity contribution in [3.05, 3.63) is 45.0 Å². The average molecular weight is 427 g/mol. The normalized spacial score (nSPS) is 21.3. The van der Waals surface area contributed by atoms with Crippen molar-refractivity contribution in [3.8, 4) is 0 Å². The predicted octanol–water partition coefficient (Wildman–Crippen LogP) is 2.28. The number of hydrogen-bond donors (Lipinski definition) is 1. The zero-order valence-electron chi connectivity index (χ0n) is 17.5. The van der Waals surface area contributed by atoms with E-state index in [2.05, 4.69) is 31.6 Å². The van der Waals surface area contributed by atoms with Gasteiger partial charge >= 0.3 is 0 Å². The third kappa shape index (κ3) is 4.39. The highest BCUT2D eigenvalue weighted by Gasteiger charge is 2.23. The summed E-state index contributed by atoms with van der Waals surface area (Å²) in [5.74, 6) is 2.92. The minimum Gasteiger partial charge on any atom is -0.367 e. The highest BCUT2D eigenvalue weighted by atomic mass is 32.2. The molecule has 0 aromatic carbocycles. The lowest BCUT2D eigenvalue weighted by molar-refractivity contribution is 0.147. The second-order valence-electron chi connectivity index (χ2n) is 8.60. The van der Waals surface area contributed by atoms with Gasteiger partial charge in [-0.25, -0.2) is 4.68 Å². The summed E-state index contributed by atoms with van der Waals surface area (Å²) >= 11 is 1.89. The van der Waals surface area contributed by atoms with Gasteiger partial charge in [-0.2, -0.15) is 22.0 Å². The molecule has 0 radical (unpaired) electrons. The van der Waals surface area contributed by atoms with E-state index in [1.54, 1.807) is 10.7 Å². The molecule has 4 heterocycles. The van der Waals surface area contributed by atoms with Crippen molar-refractivity contribution in [1.82, 2.24) is 24.9 Å². The number of nitrogens with zero attached hydrogens (tertiary/aromatic N) is 5. The van der Waals surface area contributed by atoms with Crippen molar-refractivity contribution >= 4 is 17.6 Å². The van der Waals surface area contributed by atoms with Crippen LogP contribution in [0.3, 0.4) is 0 Å². The summed E-state index contributed by atoms with van der Waals surface area (Å²) in [5.41, 5.74) is 4.80. The van der Waals surface area contributed by atoms with Crippen LogP contribution in [0.4, 0.5) is 5.82 Å². The van der Waals surface area contributed by atoms with Gasteiger partial charge in [0.05, 0.1) is 17.9 Å². The molecule has 0 amide bonds. The molecule has 1 aliphatic carbocycles. The number of aromatic nitrogens is 4. The smallest absolute Gasteiger partial charge is 0.267 e. The van der Waals surface area contributed by atoms with Crippen molar-refractivity contribution in [3.63, 3.8) is 0 Å². The number of hydrogen-bond acceptors (Lipinski definition) is 7. The lowest BCUT2D eigenvalue weighted by Gasteiger charge is -2.36. The monoisotopic (exact) mass is 426 g/mol. The lowest BCUT2D eigenvalue weighted by Crippen LogP contribution is -2.45. The van der Waals surface area contributed by atoms with E-state index in [9.17, 15) is 4.79 Å². The minimum absolute atomic E-state index is 0.0383. The first-order valence-corrected chi connectivity index (χ1v) is 12.4. The van der Waals surface area contributed by atoms with E-state index in [0.29, 0.717) is 12.6 Å². The van der Waals surface area contributed by atoms with Gasteiger partial charge in [0.1, 0.15) is 5.82 Å². The fraction of sp³-hybridized carbons (Fsp3) is 0.636. The van der Waals surface area contributed by atoms with Crippen LogP contribution in [-0.4, -0.2) is 56.3 Å². The number of thioether (sulfide) groups is 1. The van der Waals surface area contributed by atoms with Gasteiger partial charge in [0.15, 0.2) is 0 Å². The Hall–Kier alpha value is -1.93. The van der Waals surface area contributed by atoms with E-state index in [0.717, 1.165) is 67.5 Å². The molecule has 7 nitrogen and oxygen atoms in total. The third-order valence-electron chi connectivity index (χ3n) is 6.59. The molecule has 1 saturated heterocycles. The first kappa shape index (κ1) is 20.0. The summed E-state index contributed by atoms with van der Waals surface area (Å²) in [7, 11) is 0. The largest absolute Gasteiger partial charge is 0.367 e. The molecule has 2 aliphatic heterocycles. The fourth-order valence-electron chi connectivity index (χ4n) is 4.86. The van der Waals surface area contributed by atoms with Gasteiger partial charge in [0.2, 0.25) is 0 Å². The Balaban J connectivity index is 1.21. The van der Waals surface area contributed by atoms with Crippen molar-refractivity contribution in [2.24, 2.45) is 0 Å². The molecule has 5 rings (SSSR count). The number of anilines is 1. The van der Waals surface area contributed by atoms with Crippen LogP contribution in [0.15, 0.2) is 16.9 Å². The van der Waals surface area contributed by atoms with E-state index in [1.165, 1.54) is 36.9 Å². The number of likely N-dealkylation sites (tertiary alicyclic amines) is 1. The van der Waals surface area contributed by atoms with Crippen LogP contribution in [0, 0.1) is 0 Å². The Morgan fingerprint density at radius 1 is 1.03 bits per heavy atom. The highest BCUT2D eigenvalue weighted by molar-refractivity contribution is 7.98. The fourth-order valence-corrected chi connectivity index (χ4v) is 5.81. The molecule has 160 valence electrons. The maximum atomic E-state index is 12.5. The molecule has 3 aliphatic rings. The summed E-state index contributed by atoms with van der Waals surface area (Å²) in [6.45, 7) is 3.48. The molecule has 8 heteroatoms. The Morgan fingerprint density at radius 2 is 2.00 bits per heavy atom. The van der Waals surface area contributed by atoms with E-state index in [4.69, 9.17) is 0 Å². The molecule has 1 atom stereocenters. The molecule has 1 unspecified atom stereocenters. The van der Waals surface area contributed by atoms with Crippen LogP contribution in [0.25, 0.3) is 0 Å². The van der Waals surface area contributed by atoms with E-state index in [1.807, 2.05) is 11.8 Å². The van der Waals surface area contributed by atoms with Crippen molar-refractivity contribution in [1.29, 1.82) is 0 Å². The van der Waals surface area contributed by atoms with Gasteiger partial charge in [-0.05, 0) is 61.6 Å². The van der Waals surface area contributed by atoms with Crippen LogP contribution in [0.2, 0.25) is 0 Å². The topological polar surface area (TPSA) is 75.9 Å². The first-order chi connectivity index (χ1) is 14.8. The van der Waals surface area contributed by atoms with Gasteiger partial charge < -0.3 is 5.32 Å². The van der Waals surface area contributed by atoms with Crippen LogP contribution < -0.4 is 10.9 Å². The molecule has 30 heavy (non-hydrogen) atoms. The summed E-state index contributed by atoms with van der Waals surface area (Å²) in [5, 5.41) is 17.0. The highest BCUT2D eigenvalue weighted by Crippen LogP contribution is 2.23. The van der Waals surface area contributed by atoms with E-state index >= 15 is 0 Å². The number of rotatable bonds is 6. The molecule has 0 bridgehead atoms. The van der Waals surface area contributed by atoms with Crippen LogP contribution >= 0.6 is 11.8 Å². The minimum atomic E-state index is 0.0383. The lowest BCUT2D eigenvalue weighted by atomic mass is 10.0. The molecule has 2 aromatic heterocycles. The number of piperidine rings is 1. The molecule has 0 spiro atoms. The van der Waals surface area contributed by atoms with Gasteiger partial charge in [-0.3, -0.25) is 9.69 Å². The SMILES string of the molecule is O=c1cc2c(nn1CCN1CCCCC1CNc1cc3c(nn1)CCC3)CCSC2. The molecule has 2 aromatic rings. The third-order valence-corrected chi connectivity index (χ3v) is 7.60. The summed E-state index contributed by atoms with van der Waals surface area (Å²) < 4.78 is 1.68. The quantitative estimate of drug-likeness (QED) is 0.759. The average Bonchev–Trinajstić information content (AvgIpc) is 3.25. The summed E-state index contributed by atoms with van der Waals surface area (Å²) in [6.07, 6.45) is 8.00. The molecule has 1 N–H and O–H groups in total. The molecular weight excluding hydrogens is 396 g/mol. The maximum Gasteiger partial charge on any atom is 0.267 e. The maximum absolute atomic E-state index is 12.5. The zero-order valence-corrected chi connectivity index (χ0v) is 18.3. The standard InChI is InChI=1S/C22H30N6OS/c29-22-13-17-15-30-11-7-20(17)26-28(22)10-9-27-8-2-1-5-18(27)14-23-21-12-16-4-3-6-19(16)24-25-21/h12-13,18H,1-11,14-15H2,(H,23,25). The van der Waals surface area contributed by atoms with Gasteiger partial charge in [-0.1, -0.05) is 6.42 Å². The van der Waals surface area contributed by atoms with Crippen LogP contribution in [0.5, 0.6) is 0 Å². The van der Waals surface area contributed by atoms with Crippen molar-refractivity contribution < 1.29 is 0 Å².